The summed E-state index contributed by atoms with van der Waals surface area (Å²) in [5, 5.41) is 10.1. The highest BCUT2D eigenvalue weighted by atomic mass is 16.4. The average Bonchev–Trinajstić information content (AvgIpc) is 2.53. The van der Waals surface area contributed by atoms with Gasteiger partial charge < -0.3 is 10.0 Å². The van der Waals surface area contributed by atoms with Crippen LogP contribution in [-0.2, 0) is 4.79 Å². The van der Waals surface area contributed by atoms with Crippen molar-refractivity contribution in [3.63, 3.8) is 0 Å². The van der Waals surface area contributed by atoms with Gasteiger partial charge in [-0.05, 0) is 38.3 Å². The molecule has 0 unspecified atom stereocenters. The Bertz CT molecular complexity index is 742. The van der Waals surface area contributed by atoms with Gasteiger partial charge in [0.05, 0.1) is 11.1 Å². The molecular formula is C17H18N2O3. The van der Waals surface area contributed by atoms with E-state index in [4.69, 9.17) is 0 Å². The van der Waals surface area contributed by atoms with E-state index >= 15 is 0 Å². The van der Waals surface area contributed by atoms with Crippen molar-refractivity contribution in [3.05, 3.63) is 41.6 Å². The Morgan fingerprint density at radius 2 is 2.05 bits per heavy atom. The zero-order valence-electron chi connectivity index (χ0n) is 12.5. The van der Waals surface area contributed by atoms with Crippen molar-refractivity contribution in [2.24, 2.45) is 0 Å². The highest BCUT2D eigenvalue weighted by molar-refractivity contribution is 6.07. The molecule has 0 spiro atoms. The molecule has 1 saturated heterocycles. The Labute approximate surface area is 128 Å². The summed E-state index contributed by atoms with van der Waals surface area (Å²) in [6.45, 7) is 2.33. The number of carboxylic acid groups (broad SMARTS) is 1. The molecule has 1 aliphatic heterocycles. The number of benzene rings is 1. The second kappa shape index (κ2) is 5.75. The first-order valence-electron chi connectivity index (χ1n) is 7.48. The van der Waals surface area contributed by atoms with E-state index in [-0.39, 0.29) is 5.91 Å². The molecule has 5 nitrogen and oxygen atoms in total. The van der Waals surface area contributed by atoms with Gasteiger partial charge in [-0.1, -0.05) is 18.2 Å². The number of aliphatic carboxylic acids is 1. The Balaban J connectivity index is 2.06. The SMILES string of the molecule is Cc1cc(C(=O)N2CCCC[C@@H]2C(=O)O)c2ccccc2n1. The van der Waals surface area contributed by atoms with Gasteiger partial charge in [-0.2, -0.15) is 0 Å². The predicted octanol–water partition coefficient (Wildman–Crippen LogP) is 2.62. The van der Waals surface area contributed by atoms with Gasteiger partial charge in [0.1, 0.15) is 6.04 Å². The standard InChI is InChI=1S/C17H18N2O3/c1-11-10-13(12-6-2-3-7-14(12)18-11)16(20)19-9-5-4-8-15(19)17(21)22/h2-3,6-7,10,15H,4-5,8-9H2,1H3,(H,21,22)/t15-/m1/s1. The first kappa shape index (κ1) is 14.5. The molecule has 22 heavy (non-hydrogen) atoms. The summed E-state index contributed by atoms with van der Waals surface area (Å²) < 4.78 is 0. The molecule has 1 aliphatic rings. The molecule has 0 aliphatic carbocycles. The van der Waals surface area contributed by atoms with E-state index in [0.29, 0.717) is 18.5 Å². The number of amides is 1. The van der Waals surface area contributed by atoms with E-state index in [0.717, 1.165) is 29.4 Å². The summed E-state index contributed by atoms with van der Waals surface area (Å²) in [5.74, 6) is -1.14. The maximum absolute atomic E-state index is 12.9. The summed E-state index contributed by atoms with van der Waals surface area (Å²) in [4.78, 5) is 30.3. The van der Waals surface area contributed by atoms with Crippen molar-refractivity contribution in [1.82, 2.24) is 9.88 Å². The minimum absolute atomic E-state index is 0.214. The summed E-state index contributed by atoms with van der Waals surface area (Å²) in [6, 6.07) is 8.48. The Hall–Kier alpha value is -2.43. The van der Waals surface area contributed by atoms with Gasteiger partial charge in [-0.3, -0.25) is 9.78 Å². The molecule has 0 saturated carbocycles. The number of para-hydroxylation sites is 1. The molecule has 1 N–H and O–H groups in total. The van der Waals surface area contributed by atoms with E-state index in [1.807, 2.05) is 31.2 Å². The Kier molecular flexibility index (Phi) is 3.79. The molecule has 3 rings (SSSR count). The fourth-order valence-corrected chi connectivity index (χ4v) is 3.07. The third-order valence-electron chi connectivity index (χ3n) is 4.12. The minimum Gasteiger partial charge on any atom is -0.480 e. The molecule has 1 amide bonds. The molecule has 1 aromatic heterocycles. The van der Waals surface area contributed by atoms with Crippen molar-refractivity contribution in [3.8, 4) is 0 Å². The number of carbonyl (C=O) groups is 2. The number of aryl methyl sites for hydroxylation is 1. The van der Waals surface area contributed by atoms with Gasteiger partial charge in [0.15, 0.2) is 0 Å². The third-order valence-corrected chi connectivity index (χ3v) is 4.12. The van der Waals surface area contributed by atoms with Crippen LogP contribution in [0.2, 0.25) is 0 Å². The first-order chi connectivity index (χ1) is 10.6. The summed E-state index contributed by atoms with van der Waals surface area (Å²) in [7, 11) is 0. The number of rotatable bonds is 2. The Morgan fingerprint density at radius 3 is 2.82 bits per heavy atom. The number of nitrogens with zero attached hydrogens (tertiary/aromatic N) is 2. The topological polar surface area (TPSA) is 70.5 Å². The van der Waals surface area contributed by atoms with Crippen LogP contribution in [0.25, 0.3) is 10.9 Å². The largest absolute Gasteiger partial charge is 0.480 e. The molecule has 1 atom stereocenters. The number of carbonyl (C=O) groups excluding carboxylic acids is 1. The number of aromatic nitrogens is 1. The average molecular weight is 298 g/mol. The normalized spacial score (nSPS) is 18.4. The molecule has 114 valence electrons. The van der Waals surface area contributed by atoms with Crippen LogP contribution >= 0.6 is 0 Å². The Morgan fingerprint density at radius 1 is 1.27 bits per heavy atom. The quantitative estimate of drug-likeness (QED) is 0.925. The fraction of sp³-hybridized carbons (Fsp3) is 0.353. The van der Waals surface area contributed by atoms with Crippen molar-refractivity contribution in [1.29, 1.82) is 0 Å². The van der Waals surface area contributed by atoms with Crippen LogP contribution in [0.5, 0.6) is 0 Å². The number of fused-ring (bicyclic) bond motifs is 1. The maximum Gasteiger partial charge on any atom is 0.326 e. The van der Waals surface area contributed by atoms with E-state index < -0.39 is 12.0 Å². The number of likely N-dealkylation sites (tertiary alicyclic amines) is 1. The molecule has 5 heteroatoms. The summed E-state index contributed by atoms with van der Waals surface area (Å²) in [5.41, 5.74) is 2.05. The van der Waals surface area contributed by atoms with Crippen molar-refractivity contribution in [2.75, 3.05) is 6.54 Å². The minimum atomic E-state index is -0.928. The molecular weight excluding hydrogens is 280 g/mol. The maximum atomic E-state index is 12.9. The van der Waals surface area contributed by atoms with E-state index in [2.05, 4.69) is 4.98 Å². The molecule has 0 radical (unpaired) electrons. The van der Waals surface area contributed by atoms with Crippen LogP contribution in [0.15, 0.2) is 30.3 Å². The van der Waals surface area contributed by atoms with Gasteiger partial charge in [-0.15, -0.1) is 0 Å². The third kappa shape index (κ3) is 2.54. The van der Waals surface area contributed by atoms with Crippen LogP contribution in [0.3, 0.4) is 0 Å². The fourth-order valence-electron chi connectivity index (χ4n) is 3.07. The summed E-state index contributed by atoms with van der Waals surface area (Å²) in [6.07, 6.45) is 2.21. The van der Waals surface area contributed by atoms with Gasteiger partial charge in [0, 0.05) is 17.6 Å². The predicted molar refractivity (Wildman–Crippen MR) is 82.8 cm³/mol. The van der Waals surface area contributed by atoms with E-state index in [9.17, 15) is 14.7 Å². The molecule has 2 heterocycles. The number of hydrogen-bond donors (Lipinski definition) is 1. The van der Waals surface area contributed by atoms with E-state index in [1.165, 1.54) is 4.90 Å². The smallest absolute Gasteiger partial charge is 0.326 e. The number of pyridine rings is 1. The van der Waals surface area contributed by atoms with Crippen molar-refractivity contribution < 1.29 is 14.7 Å². The molecule has 1 fully saturated rings. The molecule has 0 bridgehead atoms. The number of hydrogen-bond acceptors (Lipinski definition) is 3. The van der Waals surface area contributed by atoms with Crippen LogP contribution in [0.1, 0.15) is 35.3 Å². The lowest BCUT2D eigenvalue weighted by Crippen LogP contribution is -2.48. The second-order valence-corrected chi connectivity index (χ2v) is 5.68. The van der Waals surface area contributed by atoms with Crippen LogP contribution in [-0.4, -0.2) is 39.5 Å². The van der Waals surface area contributed by atoms with Crippen molar-refractivity contribution >= 4 is 22.8 Å². The zero-order chi connectivity index (χ0) is 15.7. The van der Waals surface area contributed by atoms with Gasteiger partial charge >= 0.3 is 5.97 Å². The van der Waals surface area contributed by atoms with Crippen molar-refractivity contribution in [2.45, 2.75) is 32.2 Å². The number of carboxylic acids is 1. The monoisotopic (exact) mass is 298 g/mol. The van der Waals surface area contributed by atoms with Gasteiger partial charge in [-0.25, -0.2) is 4.79 Å². The number of piperidine rings is 1. The van der Waals surface area contributed by atoms with Crippen LogP contribution in [0, 0.1) is 6.92 Å². The lowest BCUT2D eigenvalue weighted by molar-refractivity contribution is -0.143. The lowest BCUT2D eigenvalue weighted by Gasteiger charge is -2.33. The zero-order valence-corrected chi connectivity index (χ0v) is 12.5. The second-order valence-electron chi connectivity index (χ2n) is 5.68. The molecule has 2 aromatic rings. The van der Waals surface area contributed by atoms with Gasteiger partial charge in [0.25, 0.3) is 5.91 Å². The molecule has 1 aromatic carbocycles. The van der Waals surface area contributed by atoms with Crippen LogP contribution < -0.4 is 0 Å². The highest BCUT2D eigenvalue weighted by Crippen LogP contribution is 2.24. The first-order valence-corrected chi connectivity index (χ1v) is 7.48. The van der Waals surface area contributed by atoms with Gasteiger partial charge in [0.2, 0.25) is 0 Å². The highest BCUT2D eigenvalue weighted by Gasteiger charge is 2.33. The van der Waals surface area contributed by atoms with E-state index in [1.54, 1.807) is 6.07 Å². The lowest BCUT2D eigenvalue weighted by atomic mass is 9.99. The van der Waals surface area contributed by atoms with Crippen LogP contribution in [0.4, 0.5) is 0 Å². The summed E-state index contributed by atoms with van der Waals surface area (Å²) >= 11 is 0.